The fourth-order valence-corrected chi connectivity index (χ4v) is 0.952. The van der Waals surface area contributed by atoms with Gasteiger partial charge in [-0.1, -0.05) is 12.7 Å². The van der Waals surface area contributed by atoms with E-state index in [1.54, 1.807) is 0 Å². The second kappa shape index (κ2) is 4.99. The van der Waals surface area contributed by atoms with E-state index in [1.165, 1.54) is 25.3 Å². The fraction of sp³-hybridized carbons (Fsp3) is 0.200. The Morgan fingerprint density at radius 1 is 1.60 bits per heavy atom. The number of esters is 1. The van der Waals surface area contributed by atoms with Crippen LogP contribution < -0.4 is 10.3 Å². The number of hydrogen-bond acceptors (Lipinski definition) is 4. The number of methoxy groups -OCH3 is 1. The smallest absolute Gasteiger partial charge is 0.354 e. The first-order valence-electron chi connectivity index (χ1n) is 4.24. The predicted octanol–water partition coefficient (Wildman–Crippen LogP) is 0.726. The van der Waals surface area contributed by atoms with E-state index in [1.807, 2.05) is 0 Å². The highest BCUT2D eigenvalue weighted by atomic mass is 16.5. The molecular formula is C10H11NO4. The average Bonchev–Trinajstić information content (AvgIpc) is 2.26. The van der Waals surface area contributed by atoms with Crippen LogP contribution in [0.4, 0.5) is 0 Å². The third-order valence-corrected chi connectivity index (χ3v) is 1.64. The third-order valence-electron chi connectivity index (χ3n) is 1.64. The van der Waals surface area contributed by atoms with Crippen molar-refractivity contribution in [3.63, 3.8) is 0 Å². The average molecular weight is 209 g/mol. The van der Waals surface area contributed by atoms with Crippen LogP contribution in [0.5, 0.6) is 5.75 Å². The van der Waals surface area contributed by atoms with Gasteiger partial charge in [-0.05, 0) is 12.1 Å². The van der Waals surface area contributed by atoms with Gasteiger partial charge in [0, 0.05) is 0 Å². The van der Waals surface area contributed by atoms with Crippen LogP contribution in [0.25, 0.3) is 0 Å². The summed E-state index contributed by atoms with van der Waals surface area (Å²) in [6, 6.07) is 2.83. The molecule has 0 radical (unpaired) electrons. The molecule has 0 saturated carbocycles. The lowest BCUT2D eigenvalue weighted by Crippen LogP contribution is -2.16. The van der Waals surface area contributed by atoms with Gasteiger partial charge >= 0.3 is 5.97 Å². The predicted molar refractivity (Wildman–Crippen MR) is 54.1 cm³/mol. The highest BCUT2D eigenvalue weighted by Gasteiger charge is 2.08. The number of carbonyl (C=O) groups excluding carboxylic acids is 1. The molecule has 0 saturated heterocycles. The Balaban J connectivity index is 2.93. The van der Waals surface area contributed by atoms with Crippen molar-refractivity contribution < 1.29 is 14.3 Å². The Kier molecular flexibility index (Phi) is 3.68. The number of hydrogen-bond donors (Lipinski definition) is 1. The van der Waals surface area contributed by atoms with Crippen molar-refractivity contribution in [2.45, 2.75) is 0 Å². The van der Waals surface area contributed by atoms with E-state index in [0.717, 1.165) is 0 Å². The van der Waals surface area contributed by atoms with Crippen molar-refractivity contribution in [3.8, 4) is 5.75 Å². The quantitative estimate of drug-likeness (QED) is 0.586. The van der Waals surface area contributed by atoms with Gasteiger partial charge in [0.2, 0.25) is 0 Å². The van der Waals surface area contributed by atoms with Crippen molar-refractivity contribution in [3.05, 3.63) is 40.8 Å². The highest BCUT2D eigenvalue weighted by molar-refractivity contribution is 5.87. The van der Waals surface area contributed by atoms with Gasteiger partial charge in [0.05, 0.1) is 7.11 Å². The maximum atomic E-state index is 11.3. The second-order valence-electron chi connectivity index (χ2n) is 2.66. The zero-order valence-corrected chi connectivity index (χ0v) is 8.28. The van der Waals surface area contributed by atoms with Crippen molar-refractivity contribution in [2.24, 2.45) is 0 Å². The minimum Gasteiger partial charge on any atom is -0.484 e. The van der Waals surface area contributed by atoms with E-state index in [9.17, 15) is 9.59 Å². The lowest BCUT2D eigenvalue weighted by atomic mass is 10.3. The molecule has 0 fully saturated rings. The second-order valence-corrected chi connectivity index (χ2v) is 2.66. The Morgan fingerprint density at radius 3 is 2.87 bits per heavy atom. The molecule has 0 atom stereocenters. The van der Waals surface area contributed by atoms with E-state index in [-0.39, 0.29) is 18.1 Å². The van der Waals surface area contributed by atoms with Crippen LogP contribution >= 0.6 is 0 Å². The molecular weight excluding hydrogens is 198 g/mol. The molecule has 80 valence electrons. The first-order valence-corrected chi connectivity index (χ1v) is 4.24. The zero-order valence-electron chi connectivity index (χ0n) is 8.28. The lowest BCUT2D eigenvalue weighted by molar-refractivity contribution is 0.0593. The molecule has 0 bridgehead atoms. The van der Waals surface area contributed by atoms with E-state index in [2.05, 4.69) is 16.3 Å². The normalized spacial score (nSPS) is 9.40. The van der Waals surface area contributed by atoms with E-state index >= 15 is 0 Å². The molecule has 0 spiro atoms. The number of pyridine rings is 1. The first kappa shape index (κ1) is 11.0. The van der Waals surface area contributed by atoms with Crippen LogP contribution in [0.2, 0.25) is 0 Å². The third kappa shape index (κ3) is 2.70. The highest BCUT2D eigenvalue weighted by Crippen LogP contribution is 2.03. The summed E-state index contributed by atoms with van der Waals surface area (Å²) in [5.41, 5.74) is -0.381. The van der Waals surface area contributed by atoms with Crippen LogP contribution in [0.1, 0.15) is 10.5 Å². The SMILES string of the molecule is C=CCOc1ccc(C(=O)OC)[nH]c1=O. The molecule has 1 aromatic heterocycles. The molecule has 1 rings (SSSR count). The van der Waals surface area contributed by atoms with Gasteiger partial charge in [-0.3, -0.25) is 4.79 Å². The fourth-order valence-electron chi connectivity index (χ4n) is 0.952. The Morgan fingerprint density at radius 2 is 2.33 bits per heavy atom. The minimum absolute atomic E-state index is 0.0912. The largest absolute Gasteiger partial charge is 0.484 e. The minimum atomic E-state index is -0.595. The maximum Gasteiger partial charge on any atom is 0.354 e. The van der Waals surface area contributed by atoms with E-state index in [4.69, 9.17) is 4.74 Å². The summed E-state index contributed by atoms with van der Waals surface area (Å²) in [6.07, 6.45) is 1.52. The molecule has 0 unspecified atom stereocenters. The van der Waals surface area contributed by atoms with Crippen molar-refractivity contribution >= 4 is 5.97 Å². The molecule has 0 aliphatic heterocycles. The maximum absolute atomic E-state index is 11.3. The molecule has 1 aromatic rings. The number of carbonyl (C=O) groups is 1. The molecule has 5 nitrogen and oxygen atoms in total. The molecule has 5 heteroatoms. The number of H-pyrrole nitrogens is 1. The summed E-state index contributed by atoms with van der Waals surface area (Å²) < 4.78 is 9.49. The number of nitrogens with one attached hydrogen (secondary N) is 1. The van der Waals surface area contributed by atoms with Gasteiger partial charge in [-0.15, -0.1) is 0 Å². The Hall–Kier alpha value is -2.04. The van der Waals surface area contributed by atoms with Gasteiger partial charge < -0.3 is 14.5 Å². The van der Waals surface area contributed by atoms with E-state index < -0.39 is 11.5 Å². The van der Waals surface area contributed by atoms with Gasteiger partial charge in [0.15, 0.2) is 5.75 Å². The summed E-state index contributed by atoms with van der Waals surface area (Å²) in [5.74, 6) is -0.454. The number of aromatic nitrogens is 1. The number of aromatic amines is 1. The Bertz CT molecular complexity index is 422. The zero-order chi connectivity index (χ0) is 11.3. The van der Waals surface area contributed by atoms with E-state index in [0.29, 0.717) is 0 Å². The molecule has 1 N–H and O–H groups in total. The van der Waals surface area contributed by atoms with Crippen LogP contribution in [0, 0.1) is 0 Å². The number of rotatable bonds is 4. The lowest BCUT2D eigenvalue weighted by Gasteiger charge is -2.03. The van der Waals surface area contributed by atoms with Crippen molar-refractivity contribution in [2.75, 3.05) is 13.7 Å². The van der Waals surface area contributed by atoms with Crippen LogP contribution in [0.15, 0.2) is 29.6 Å². The standard InChI is InChI=1S/C10H11NO4/c1-3-6-15-8-5-4-7(10(13)14-2)11-9(8)12/h3-5H,1,6H2,2H3,(H,11,12). The molecule has 0 amide bonds. The summed E-state index contributed by atoms with van der Waals surface area (Å²) in [6.45, 7) is 3.69. The summed E-state index contributed by atoms with van der Waals surface area (Å²) >= 11 is 0. The Labute approximate surface area is 86.3 Å². The first-order chi connectivity index (χ1) is 7.19. The van der Waals surface area contributed by atoms with Crippen molar-refractivity contribution in [1.82, 2.24) is 4.98 Å². The van der Waals surface area contributed by atoms with Gasteiger partial charge in [0.25, 0.3) is 5.56 Å². The van der Waals surface area contributed by atoms with Gasteiger partial charge in [-0.2, -0.15) is 0 Å². The summed E-state index contributed by atoms with van der Waals surface area (Å²) in [5, 5.41) is 0. The van der Waals surface area contributed by atoms with Crippen molar-refractivity contribution in [1.29, 1.82) is 0 Å². The monoisotopic (exact) mass is 209 g/mol. The molecule has 1 heterocycles. The molecule has 0 aromatic carbocycles. The van der Waals surface area contributed by atoms with Gasteiger partial charge in [-0.25, -0.2) is 4.79 Å². The summed E-state index contributed by atoms with van der Waals surface area (Å²) in [7, 11) is 1.24. The molecule has 0 aliphatic rings. The molecule has 15 heavy (non-hydrogen) atoms. The van der Waals surface area contributed by atoms with Crippen LogP contribution in [-0.4, -0.2) is 24.7 Å². The summed E-state index contributed by atoms with van der Waals surface area (Å²) in [4.78, 5) is 24.7. The van der Waals surface area contributed by atoms with Crippen LogP contribution in [0.3, 0.4) is 0 Å². The van der Waals surface area contributed by atoms with Gasteiger partial charge in [0.1, 0.15) is 12.3 Å². The molecule has 0 aliphatic carbocycles. The number of ether oxygens (including phenoxy) is 2. The van der Waals surface area contributed by atoms with Crippen LogP contribution in [-0.2, 0) is 4.74 Å². The topological polar surface area (TPSA) is 68.4 Å².